The second-order valence-electron chi connectivity index (χ2n) is 1.65. The number of thiazole rings is 1. The molecule has 0 aliphatic rings. The van der Waals surface area contributed by atoms with Crippen molar-refractivity contribution in [2.75, 3.05) is 6.26 Å². The first-order valence-corrected chi connectivity index (χ1v) is 4.89. The van der Waals surface area contributed by atoms with Crippen molar-refractivity contribution in [1.82, 2.24) is 4.98 Å². The number of thioether (sulfide) groups is 1. The molecule has 0 radical (unpaired) electrons. The van der Waals surface area contributed by atoms with Gasteiger partial charge in [-0.1, -0.05) is 18.7 Å². The second kappa shape index (κ2) is 3.22. The topological polar surface area (TPSA) is 12.9 Å². The minimum Gasteiger partial charge on any atom is -0.238 e. The Bertz CT molecular complexity index is 164. The van der Waals surface area contributed by atoms with Crippen molar-refractivity contribution in [3.8, 4) is 0 Å². The molecule has 0 aromatic carbocycles. The molecule has 0 aliphatic carbocycles. The molecule has 0 bridgehead atoms. The molecule has 0 aliphatic heterocycles. The lowest BCUT2D eigenvalue weighted by atomic mass is 10.4. The Morgan fingerprint density at radius 3 is 2.89 bits per heavy atom. The summed E-state index contributed by atoms with van der Waals surface area (Å²) in [5.41, 5.74) is 0. The van der Waals surface area contributed by atoms with Crippen LogP contribution in [0.2, 0.25) is 0 Å². The fourth-order valence-corrected chi connectivity index (χ4v) is 1.94. The Morgan fingerprint density at radius 2 is 2.56 bits per heavy atom. The van der Waals surface area contributed by atoms with Gasteiger partial charge in [0.15, 0.2) is 0 Å². The van der Waals surface area contributed by atoms with Crippen LogP contribution >= 0.6 is 23.1 Å². The van der Waals surface area contributed by atoms with E-state index in [1.54, 1.807) is 23.1 Å². The second-order valence-corrected chi connectivity index (χ2v) is 3.82. The lowest BCUT2D eigenvalue weighted by Crippen LogP contribution is -1.64. The van der Waals surface area contributed by atoms with Gasteiger partial charge in [-0.05, 0) is 12.7 Å². The van der Waals surface area contributed by atoms with Crippen LogP contribution in [-0.2, 0) is 6.42 Å². The van der Waals surface area contributed by atoms with Gasteiger partial charge in [-0.2, -0.15) is 0 Å². The molecule has 0 fully saturated rings. The highest BCUT2D eigenvalue weighted by molar-refractivity contribution is 8.00. The van der Waals surface area contributed by atoms with E-state index < -0.39 is 0 Å². The van der Waals surface area contributed by atoms with Gasteiger partial charge in [0.25, 0.3) is 0 Å². The number of hydrogen-bond donors (Lipinski definition) is 0. The minimum absolute atomic E-state index is 1.11. The van der Waals surface area contributed by atoms with Gasteiger partial charge in [-0.3, -0.25) is 0 Å². The normalized spacial score (nSPS) is 10.0. The van der Waals surface area contributed by atoms with Gasteiger partial charge in [0.1, 0.15) is 4.34 Å². The van der Waals surface area contributed by atoms with Gasteiger partial charge in [-0.15, -0.1) is 11.3 Å². The number of rotatable bonds is 2. The fraction of sp³-hybridized carbons (Fsp3) is 0.500. The summed E-state index contributed by atoms with van der Waals surface area (Å²) in [4.78, 5) is 5.56. The standard InChI is InChI=1S/C6H9NS2/c1-3-5-4-7-6(8-2)9-5/h4H,3H2,1-2H3. The van der Waals surface area contributed by atoms with Crippen LogP contribution in [0, 0.1) is 0 Å². The van der Waals surface area contributed by atoms with Crippen LogP contribution in [0.25, 0.3) is 0 Å². The first-order chi connectivity index (χ1) is 4.36. The summed E-state index contributed by atoms with van der Waals surface area (Å²) in [6, 6.07) is 0. The maximum absolute atomic E-state index is 4.19. The maximum Gasteiger partial charge on any atom is 0.149 e. The van der Waals surface area contributed by atoms with E-state index in [1.165, 1.54) is 9.22 Å². The van der Waals surface area contributed by atoms with Crippen molar-refractivity contribution in [2.24, 2.45) is 0 Å². The van der Waals surface area contributed by atoms with Crippen molar-refractivity contribution in [3.05, 3.63) is 11.1 Å². The van der Waals surface area contributed by atoms with Gasteiger partial charge in [0.2, 0.25) is 0 Å². The molecule has 0 saturated heterocycles. The molecule has 1 heterocycles. The summed E-state index contributed by atoms with van der Waals surface area (Å²) >= 11 is 3.50. The lowest BCUT2D eigenvalue weighted by Gasteiger charge is -1.81. The monoisotopic (exact) mass is 159 g/mol. The fourth-order valence-electron chi connectivity index (χ4n) is 0.547. The SMILES string of the molecule is CCc1cnc(SC)s1. The van der Waals surface area contributed by atoms with E-state index in [9.17, 15) is 0 Å². The highest BCUT2D eigenvalue weighted by atomic mass is 32.2. The van der Waals surface area contributed by atoms with Crippen LogP contribution in [0.4, 0.5) is 0 Å². The predicted octanol–water partition coefficient (Wildman–Crippen LogP) is 2.43. The summed E-state index contributed by atoms with van der Waals surface area (Å²) in [5, 5.41) is 0. The summed E-state index contributed by atoms with van der Waals surface area (Å²) < 4.78 is 1.17. The number of hydrogen-bond acceptors (Lipinski definition) is 3. The summed E-state index contributed by atoms with van der Waals surface area (Å²) in [6.07, 6.45) is 5.12. The minimum atomic E-state index is 1.11. The zero-order valence-corrected chi connectivity index (χ0v) is 7.18. The van der Waals surface area contributed by atoms with Gasteiger partial charge >= 0.3 is 0 Å². The maximum atomic E-state index is 4.19. The Kier molecular flexibility index (Phi) is 2.54. The van der Waals surface area contributed by atoms with Gasteiger partial charge in [-0.25, -0.2) is 4.98 Å². The molecule has 0 spiro atoms. The number of nitrogens with zero attached hydrogens (tertiary/aromatic N) is 1. The summed E-state index contributed by atoms with van der Waals surface area (Å²) in [6.45, 7) is 2.15. The quantitative estimate of drug-likeness (QED) is 0.615. The molecule has 0 N–H and O–H groups in total. The molecule has 50 valence electrons. The molecular formula is C6H9NS2. The molecule has 1 rings (SSSR count). The average molecular weight is 159 g/mol. The van der Waals surface area contributed by atoms with Crippen LogP contribution in [0.3, 0.4) is 0 Å². The van der Waals surface area contributed by atoms with E-state index in [0.29, 0.717) is 0 Å². The van der Waals surface area contributed by atoms with E-state index in [2.05, 4.69) is 18.2 Å². The predicted molar refractivity (Wildman–Crippen MR) is 43.3 cm³/mol. The average Bonchev–Trinajstić information content (AvgIpc) is 2.34. The highest BCUT2D eigenvalue weighted by Crippen LogP contribution is 2.21. The highest BCUT2D eigenvalue weighted by Gasteiger charge is 1.95. The Morgan fingerprint density at radius 1 is 1.78 bits per heavy atom. The molecule has 0 amide bonds. The van der Waals surface area contributed by atoms with Crippen molar-refractivity contribution in [3.63, 3.8) is 0 Å². The largest absolute Gasteiger partial charge is 0.238 e. The van der Waals surface area contributed by atoms with Crippen molar-refractivity contribution >= 4 is 23.1 Å². The number of aryl methyl sites for hydroxylation is 1. The molecule has 0 unspecified atom stereocenters. The third-order valence-corrected chi connectivity index (χ3v) is 3.20. The Balaban J connectivity index is 2.74. The van der Waals surface area contributed by atoms with E-state index in [-0.39, 0.29) is 0 Å². The third-order valence-electron chi connectivity index (χ3n) is 1.06. The van der Waals surface area contributed by atoms with Gasteiger partial charge in [0.05, 0.1) is 0 Å². The molecule has 1 aromatic heterocycles. The Hall–Kier alpha value is -0.0200. The van der Waals surface area contributed by atoms with Crippen molar-refractivity contribution < 1.29 is 0 Å². The van der Waals surface area contributed by atoms with Crippen molar-refractivity contribution in [1.29, 1.82) is 0 Å². The molecule has 1 aromatic rings. The molecule has 9 heavy (non-hydrogen) atoms. The van der Waals surface area contributed by atoms with Crippen LogP contribution in [-0.4, -0.2) is 11.2 Å². The smallest absolute Gasteiger partial charge is 0.149 e. The first-order valence-electron chi connectivity index (χ1n) is 2.85. The number of aromatic nitrogens is 1. The van der Waals surface area contributed by atoms with E-state index in [1.807, 2.05) is 6.20 Å². The van der Waals surface area contributed by atoms with Crippen LogP contribution < -0.4 is 0 Å². The van der Waals surface area contributed by atoms with E-state index in [0.717, 1.165) is 6.42 Å². The summed E-state index contributed by atoms with van der Waals surface area (Å²) in [7, 11) is 0. The van der Waals surface area contributed by atoms with Crippen LogP contribution in [0.1, 0.15) is 11.8 Å². The van der Waals surface area contributed by atoms with E-state index >= 15 is 0 Å². The molecular weight excluding hydrogens is 150 g/mol. The van der Waals surface area contributed by atoms with Crippen LogP contribution in [0.5, 0.6) is 0 Å². The molecule has 1 nitrogen and oxygen atoms in total. The Labute approximate surface area is 63.5 Å². The van der Waals surface area contributed by atoms with E-state index in [4.69, 9.17) is 0 Å². The van der Waals surface area contributed by atoms with Gasteiger partial charge in [0, 0.05) is 11.1 Å². The van der Waals surface area contributed by atoms with Crippen molar-refractivity contribution in [2.45, 2.75) is 17.7 Å². The molecule has 3 heteroatoms. The van der Waals surface area contributed by atoms with Gasteiger partial charge < -0.3 is 0 Å². The lowest BCUT2D eigenvalue weighted by molar-refractivity contribution is 1.15. The summed E-state index contributed by atoms with van der Waals surface area (Å²) in [5.74, 6) is 0. The zero-order chi connectivity index (χ0) is 6.69. The molecule has 0 saturated carbocycles. The molecule has 0 atom stereocenters. The van der Waals surface area contributed by atoms with Crippen LogP contribution in [0.15, 0.2) is 10.5 Å². The zero-order valence-electron chi connectivity index (χ0n) is 5.55. The third kappa shape index (κ3) is 1.69. The first kappa shape index (κ1) is 7.09.